The van der Waals surface area contributed by atoms with Crippen molar-refractivity contribution in [3.05, 3.63) is 84.4 Å². The SMILES string of the molecule is O=C(Nc1cnn(-c2cccc(-c3nc4ccncc4[nH]3)c2)c1)Nc1ccccc1Cl. The van der Waals surface area contributed by atoms with Crippen molar-refractivity contribution in [2.45, 2.75) is 0 Å². The van der Waals surface area contributed by atoms with Gasteiger partial charge in [0.15, 0.2) is 0 Å². The van der Waals surface area contributed by atoms with E-state index in [0.717, 1.165) is 28.1 Å². The van der Waals surface area contributed by atoms with Gasteiger partial charge in [0.05, 0.1) is 51.7 Å². The molecule has 9 heteroatoms. The third-order valence-electron chi connectivity index (χ3n) is 4.63. The number of nitrogens with zero attached hydrogens (tertiary/aromatic N) is 4. The largest absolute Gasteiger partial charge is 0.337 e. The van der Waals surface area contributed by atoms with Crippen molar-refractivity contribution in [2.24, 2.45) is 0 Å². The zero-order valence-corrected chi connectivity index (χ0v) is 16.8. The van der Waals surface area contributed by atoms with Gasteiger partial charge in [0.2, 0.25) is 0 Å². The van der Waals surface area contributed by atoms with Crippen molar-refractivity contribution in [1.29, 1.82) is 0 Å². The number of imidazole rings is 1. The molecule has 5 rings (SSSR count). The Kier molecular flexibility index (Phi) is 4.81. The van der Waals surface area contributed by atoms with Crippen LogP contribution in [0.1, 0.15) is 0 Å². The second-order valence-corrected chi connectivity index (χ2v) is 7.17. The smallest absolute Gasteiger partial charge is 0.323 e. The number of urea groups is 1. The van der Waals surface area contributed by atoms with Crippen molar-refractivity contribution < 1.29 is 4.79 Å². The molecule has 3 aromatic heterocycles. The van der Waals surface area contributed by atoms with Crippen molar-refractivity contribution in [2.75, 3.05) is 10.6 Å². The molecule has 0 bridgehead atoms. The van der Waals surface area contributed by atoms with Crippen LogP contribution in [0.5, 0.6) is 0 Å². The van der Waals surface area contributed by atoms with Gasteiger partial charge in [-0.2, -0.15) is 5.10 Å². The molecule has 8 nitrogen and oxygen atoms in total. The molecule has 3 heterocycles. The average Bonchev–Trinajstić information content (AvgIpc) is 3.42. The molecule has 31 heavy (non-hydrogen) atoms. The lowest BCUT2D eigenvalue weighted by atomic mass is 10.2. The number of carbonyl (C=O) groups is 1. The normalized spacial score (nSPS) is 10.9. The second kappa shape index (κ2) is 7.92. The fourth-order valence-corrected chi connectivity index (χ4v) is 3.35. The number of pyridine rings is 1. The molecule has 0 radical (unpaired) electrons. The van der Waals surface area contributed by atoms with E-state index in [1.807, 2.05) is 30.3 Å². The molecule has 0 saturated carbocycles. The molecule has 0 unspecified atom stereocenters. The highest BCUT2D eigenvalue weighted by molar-refractivity contribution is 6.33. The zero-order chi connectivity index (χ0) is 21.2. The van der Waals surface area contributed by atoms with E-state index in [0.29, 0.717) is 16.4 Å². The van der Waals surface area contributed by atoms with Crippen molar-refractivity contribution in [1.82, 2.24) is 24.7 Å². The molecule has 0 atom stereocenters. The molecule has 0 aliphatic carbocycles. The van der Waals surface area contributed by atoms with Gasteiger partial charge in [-0.15, -0.1) is 0 Å². The molecule has 0 aliphatic heterocycles. The summed E-state index contributed by atoms with van der Waals surface area (Å²) >= 11 is 6.08. The lowest BCUT2D eigenvalue weighted by Crippen LogP contribution is -2.19. The third-order valence-corrected chi connectivity index (χ3v) is 4.96. The number of aromatic amines is 1. The lowest BCUT2D eigenvalue weighted by Gasteiger charge is -2.07. The maximum atomic E-state index is 12.3. The summed E-state index contributed by atoms with van der Waals surface area (Å²) in [5.74, 6) is 0.745. The Morgan fingerprint density at radius 2 is 1.94 bits per heavy atom. The Hall–Kier alpha value is -4.17. The van der Waals surface area contributed by atoms with Gasteiger partial charge in [-0.25, -0.2) is 14.5 Å². The molecule has 0 fully saturated rings. The second-order valence-electron chi connectivity index (χ2n) is 6.76. The quantitative estimate of drug-likeness (QED) is 0.369. The van der Waals surface area contributed by atoms with Gasteiger partial charge in [0.1, 0.15) is 5.82 Å². The Morgan fingerprint density at radius 1 is 1.03 bits per heavy atom. The van der Waals surface area contributed by atoms with Crippen LogP contribution in [0.2, 0.25) is 5.02 Å². The lowest BCUT2D eigenvalue weighted by molar-refractivity contribution is 0.262. The fourth-order valence-electron chi connectivity index (χ4n) is 3.17. The number of benzene rings is 2. The standard InChI is InChI=1S/C22H16ClN7O/c23-17-6-1-2-7-18(17)29-22(31)26-15-11-25-30(13-15)16-5-3-4-14(10-16)21-27-19-8-9-24-12-20(19)28-21/h1-13H,(H,27,28)(H2,26,29,31). The number of amides is 2. The van der Waals surface area contributed by atoms with Crippen LogP contribution in [0, 0.1) is 0 Å². The topological polar surface area (TPSA) is 101 Å². The highest BCUT2D eigenvalue weighted by atomic mass is 35.5. The monoisotopic (exact) mass is 429 g/mol. The summed E-state index contributed by atoms with van der Waals surface area (Å²) in [5, 5.41) is 10.3. The van der Waals surface area contributed by atoms with Gasteiger partial charge >= 0.3 is 6.03 Å². The van der Waals surface area contributed by atoms with Crippen LogP contribution in [0.4, 0.5) is 16.2 Å². The molecular formula is C22H16ClN7O. The molecule has 152 valence electrons. The first-order valence-electron chi connectivity index (χ1n) is 9.43. The van der Waals surface area contributed by atoms with E-state index in [4.69, 9.17) is 11.6 Å². The van der Waals surface area contributed by atoms with E-state index in [1.54, 1.807) is 53.7 Å². The summed E-state index contributed by atoms with van der Waals surface area (Å²) < 4.78 is 1.68. The van der Waals surface area contributed by atoms with Crippen LogP contribution in [0.25, 0.3) is 28.1 Å². The summed E-state index contributed by atoms with van der Waals surface area (Å²) in [4.78, 5) is 24.3. The van der Waals surface area contributed by atoms with E-state index in [1.165, 1.54) is 0 Å². The predicted octanol–water partition coefficient (Wildman–Crippen LogP) is 5.11. The summed E-state index contributed by atoms with van der Waals surface area (Å²) in [6, 6.07) is 16.3. The van der Waals surface area contributed by atoms with E-state index >= 15 is 0 Å². The first kappa shape index (κ1) is 18.8. The molecule has 0 saturated heterocycles. The Morgan fingerprint density at radius 3 is 2.81 bits per heavy atom. The Balaban J connectivity index is 1.34. The fraction of sp³-hybridized carbons (Fsp3) is 0. The number of H-pyrrole nitrogens is 1. The highest BCUT2D eigenvalue weighted by Gasteiger charge is 2.10. The number of nitrogens with one attached hydrogen (secondary N) is 3. The van der Waals surface area contributed by atoms with Crippen LogP contribution in [-0.2, 0) is 0 Å². The number of carbonyl (C=O) groups excluding carboxylic acids is 1. The van der Waals surface area contributed by atoms with Crippen LogP contribution < -0.4 is 10.6 Å². The van der Waals surface area contributed by atoms with Gasteiger partial charge in [-0.1, -0.05) is 35.9 Å². The maximum Gasteiger partial charge on any atom is 0.323 e. The minimum Gasteiger partial charge on any atom is -0.337 e. The van der Waals surface area contributed by atoms with Crippen LogP contribution in [-0.4, -0.2) is 30.8 Å². The highest BCUT2D eigenvalue weighted by Crippen LogP contribution is 2.23. The van der Waals surface area contributed by atoms with Gasteiger partial charge in [0, 0.05) is 11.8 Å². The third kappa shape index (κ3) is 3.96. The minimum absolute atomic E-state index is 0.405. The minimum atomic E-state index is -0.405. The van der Waals surface area contributed by atoms with Gasteiger partial charge < -0.3 is 15.6 Å². The maximum absolute atomic E-state index is 12.3. The number of rotatable bonds is 4. The number of hydrogen-bond acceptors (Lipinski definition) is 4. The van der Waals surface area contributed by atoms with Crippen molar-refractivity contribution in [3.63, 3.8) is 0 Å². The Bertz CT molecular complexity index is 1360. The molecule has 3 N–H and O–H groups in total. The van der Waals surface area contributed by atoms with E-state index in [2.05, 4.69) is 30.7 Å². The van der Waals surface area contributed by atoms with E-state index in [-0.39, 0.29) is 0 Å². The summed E-state index contributed by atoms with van der Waals surface area (Å²) in [6.45, 7) is 0. The molecule has 2 aromatic carbocycles. The van der Waals surface area contributed by atoms with Crippen LogP contribution in [0.3, 0.4) is 0 Å². The molecule has 2 amide bonds. The molecule has 5 aromatic rings. The number of halogens is 1. The predicted molar refractivity (Wildman–Crippen MR) is 121 cm³/mol. The molecular weight excluding hydrogens is 414 g/mol. The number of anilines is 2. The van der Waals surface area contributed by atoms with Gasteiger partial charge in [-0.05, 0) is 30.3 Å². The van der Waals surface area contributed by atoms with Gasteiger partial charge in [0.25, 0.3) is 0 Å². The van der Waals surface area contributed by atoms with Crippen molar-refractivity contribution >= 4 is 40.0 Å². The number of aromatic nitrogens is 5. The average molecular weight is 430 g/mol. The van der Waals surface area contributed by atoms with Gasteiger partial charge in [-0.3, -0.25) is 4.98 Å². The van der Waals surface area contributed by atoms with Crippen molar-refractivity contribution in [3.8, 4) is 17.1 Å². The number of para-hydroxylation sites is 1. The summed E-state index contributed by atoms with van der Waals surface area (Å²) in [7, 11) is 0. The number of hydrogen-bond donors (Lipinski definition) is 3. The van der Waals surface area contributed by atoms with Crippen LogP contribution in [0.15, 0.2) is 79.4 Å². The summed E-state index contributed by atoms with van der Waals surface area (Å²) in [5.41, 5.74) is 4.54. The first-order chi connectivity index (χ1) is 15.2. The summed E-state index contributed by atoms with van der Waals surface area (Å²) in [6.07, 6.45) is 6.76. The Labute approximate surface area is 181 Å². The number of fused-ring (bicyclic) bond motifs is 1. The molecule has 0 aliphatic rings. The van der Waals surface area contributed by atoms with E-state index < -0.39 is 6.03 Å². The molecule has 0 spiro atoms. The van der Waals surface area contributed by atoms with Crippen LogP contribution >= 0.6 is 11.6 Å². The first-order valence-corrected chi connectivity index (χ1v) is 9.81. The van der Waals surface area contributed by atoms with E-state index in [9.17, 15) is 4.79 Å². The zero-order valence-electron chi connectivity index (χ0n) is 16.1.